The molecule has 0 spiro atoms. The van der Waals surface area contributed by atoms with Crippen LogP contribution in [0.3, 0.4) is 0 Å². The third-order valence-electron chi connectivity index (χ3n) is 3.13. The van der Waals surface area contributed by atoms with Gasteiger partial charge in [0, 0.05) is 12.1 Å². The monoisotopic (exact) mass is 293 g/mol. The van der Waals surface area contributed by atoms with Crippen molar-refractivity contribution >= 4 is 6.21 Å². The number of hydrogen-bond acceptors (Lipinski definition) is 1. The molecule has 0 aliphatic heterocycles. The van der Waals surface area contributed by atoms with Crippen molar-refractivity contribution in [1.29, 1.82) is 5.41 Å². The van der Waals surface area contributed by atoms with Crippen LogP contribution in [0.25, 0.3) is 0 Å². The average Bonchev–Trinajstić information content (AvgIpc) is 2.55. The van der Waals surface area contributed by atoms with E-state index in [-0.39, 0.29) is 5.92 Å². The molecule has 1 atom stereocenters. The molecule has 1 unspecified atom stereocenters. The molecule has 0 radical (unpaired) electrons. The van der Waals surface area contributed by atoms with Gasteiger partial charge in [0.15, 0.2) is 0 Å². The summed E-state index contributed by atoms with van der Waals surface area (Å²) in [5.74, 6) is 0.0540. The molecule has 0 aliphatic rings. The average molecular weight is 293 g/mol. The maximum Gasteiger partial charge on any atom is 0.0221 e. The summed E-state index contributed by atoms with van der Waals surface area (Å²) < 4.78 is 0. The van der Waals surface area contributed by atoms with E-state index in [4.69, 9.17) is 5.41 Å². The smallest absolute Gasteiger partial charge is 0.0221 e. The molecular formula is C21H27N. The molecule has 1 N–H and O–H groups in total. The van der Waals surface area contributed by atoms with Crippen LogP contribution in [0, 0.1) is 11.3 Å². The molecule has 1 heteroatoms. The second-order valence-electron chi connectivity index (χ2n) is 4.71. The van der Waals surface area contributed by atoms with Gasteiger partial charge >= 0.3 is 0 Å². The van der Waals surface area contributed by atoms with Crippen LogP contribution in [-0.2, 0) is 0 Å². The summed E-state index contributed by atoms with van der Waals surface area (Å²) in [4.78, 5) is 0. The number of hydrogen-bond donors (Lipinski definition) is 1. The van der Waals surface area contributed by atoms with Crippen molar-refractivity contribution in [3.05, 3.63) is 97.2 Å². The van der Waals surface area contributed by atoms with Gasteiger partial charge in [-0.15, -0.1) is 0 Å². The SMILES string of the molecule is C=CC(=C)/C=C/C=C/C(=C\C(C=C)=C/C)C(C=N)C/C=C/C. The van der Waals surface area contributed by atoms with E-state index < -0.39 is 0 Å². The van der Waals surface area contributed by atoms with Crippen molar-refractivity contribution in [1.82, 2.24) is 0 Å². The first kappa shape index (κ1) is 19.6. The molecule has 22 heavy (non-hydrogen) atoms. The van der Waals surface area contributed by atoms with E-state index in [1.54, 1.807) is 6.08 Å². The van der Waals surface area contributed by atoms with Crippen LogP contribution >= 0.6 is 0 Å². The minimum atomic E-state index is 0.0540. The molecule has 0 aromatic heterocycles. The van der Waals surface area contributed by atoms with Gasteiger partial charge in [0.05, 0.1) is 0 Å². The largest absolute Gasteiger partial charge is 0.312 e. The van der Waals surface area contributed by atoms with E-state index in [0.717, 1.165) is 23.1 Å². The number of allylic oxidation sites excluding steroid dienone is 13. The summed E-state index contributed by atoms with van der Waals surface area (Å²) >= 11 is 0. The lowest BCUT2D eigenvalue weighted by Gasteiger charge is -2.11. The Morgan fingerprint density at radius 3 is 2.27 bits per heavy atom. The summed E-state index contributed by atoms with van der Waals surface area (Å²) in [6.45, 7) is 15.3. The Balaban J connectivity index is 5.40. The summed E-state index contributed by atoms with van der Waals surface area (Å²) in [5, 5.41) is 7.68. The lowest BCUT2D eigenvalue weighted by atomic mass is 9.93. The van der Waals surface area contributed by atoms with E-state index in [1.807, 2.05) is 56.4 Å². The molecule has 0 heterocycles. The maximum atomic E-state index is 7.68. The molecule has 0 rings (SSSR count). The third-order valence-corrected chi connectivity index (χ3v) is 3.13. The topological polar surface area (TPSA) is 23.9 Å². The van der Waals surface area contributed by atoms with Gasteiger partial charge in [-0.05, 0) is 37.0 Å². The Morgan fingerprint density at radius 2 is 1.77 bits per heavy atom. The highest BCUT2D eigenvalue weighted by Gasteiger charge is 2.07. The van der Waals surface area contributed by atoms with Crippen molar-refractivity contribution in [2.75, 3.05) is 0 Å². The first-order chi connectivity index (χ1) is 10.6. The molecule has 0 saturated carbocycles. The Hall–Kier alpha value is -2.41. The van der Waals surface area contributed by atoms with Crippen LogP contribution in [0.15, 0.2) is 97.2 Å². The highest BCUT2D eigenvalue weighted by Crippen LogP contribution is 2.18. The molecule has 0 saturated heterocycles. The highest BCUT2D eigenvalue weighted by atomic mass is 14.4. The summed E-state index contributed by atoms with van der Waals surface area (Å²) in [7, 11) is 0. The summed E-state index contributed by atoms with van der Waals surface area (Å²) in [6.07, 6.45) is 21.8. The van der Waals surface area contributed by atoms with Crippen molar-refractivity contribution in [3.63, 3.8) is 0 Å². The maximum absolute atomic E-state index is 7.68. The van der Waals surface area contributed by atoms with E-state index >= 15 is 0 Å². The molecule has 0 bridgehead atoms. The Kier molecular flexibility index (Phi) is 11.0. The Morgan fingerprint density at radius 1 is 1.09 bits per heavy atom. The van der Waals surface area contributed by atoms with Gasteiger partial charge in [-0.2, -0.15) is 0 Å². The Labute approximate surface area is 135 Å². The fourth-order valence-electron chi connectivity index (χ4n) is 1.73. The minimum absolute atomic E-state index is 0.0540. The molecule has 0 aromatic rings. The van der Waals surface area contributed by atoms with Gasteiger partial charge in [0.25, 0.3) is 0 Å². The third kappa shape index (κ3) is 8.01. The van der Waals surface area contributed by atoms with Crippen molar-refractivity contribution in [2.24, 2.45) is 5.92 Å². The van der Waals surface area contributed by atoms with Crippen LogP contribution in [0.4, 0.5) is 0 Å². The zero-order valence-corrected chi connectivity index (χ0v) is 13.8. The van der Waals surface area contributed by atoms with Crippen molar-refractivity contribution < 1.29 is 0 Å². The first-order valence-electron chi connectivity index (χ1n) is 7.41. The number of nitrogens with one attached hydrogen (secondary N) is 1. The normalized spacial score (nSPS) is 14.6. The lowest BCUT2D eigenvalue weighted by Crippen LogP contribution is -2.03. The lowest BCUT2D eigenvalue weighted by molar-refractivity contribution is 0.853. The second-order valence-corrected chi connectivity index (χ2v) is 4.71. The molecular weight excluding hydrogens is 266 g/mol. The Bertz CT molecular complexity index is 536. The van der Waals surface area contributed by atoms with E-state index in [2.05, 4.69) is 31.9 Å². The highest BCUT2D eigenvalue weighted by molar-refractivity contribution is 5.64. The number of rotatable bonds is 10. The zero-order valence-electron chi connectivity index (χ0n) is 13.8. The summed E-state index contributed by atoms with van der Waals surface area (Å²) in [5.41, 5.74) is 2.99. The second kappa shape index (κ2) is 12.3. The van der Waals surface area contributed by atoms with Gasteiger partial charge in [-0.3, -0.25) is 0 Å². The quantitative estimate of drug-likeness (QED) is 0.284. The van der Waals surface area contributed by atoms with Crippen LogP contribution < -0.4 is 0 Å². The van der Waals surface area contributed by atoms with Crippen molar-refractivity contribution in [3.8, 4) is 0 Å². The molecule has 116 valence electrons. The van der Waals surface area contributed by atoms with Crippen LogP contribution in [-0.4, -0.2) is 6.21 Å². The molecule has 0 amide bonds. The van der Waals surface area contributed by atoms with Gasteiger partial charge < -0.3 is 5.41 Å². The molecule has 0 aliphatic carbocycles. The van der Waals surface area contributed by atoms with Crippen molar-refractivity contribution in [2.45, 2.75) is 20.3 Å². The van der Waals surface area contributed by atoms with E-state index in [0.29, 0.717) is 0 Å². The molecule has 0 aromatic carbocycles. The van der Waals surface area contributed by atoms with Crippen LogP contribution in [0.2, 0.25) is 0 Å². The van der Waals surface area contributed by atoms with Crippen LogP contribution in [0.5, 0.6) is 0 Å². The van der Waals surface area contributed by atoms with Crippen LogP contribution in [0.1, 0.15) is 20.3 Å². The van der Waals surface area contributed by atoms with Gasteiger partial charge in [-0.1, -0.05) is 80.5 Å². The van der Waals surface area contributed by atoms with Gasteiger partial charge in [-0.25, -0.2) is 0 Å². The standard InChI is InChI=1S/C21H27N/c1-6-10-14-21(17-22)20(16-19(8-3)9-4)15-12-11-13-18(5)7-2/h6-13,15-17,21-22H,2-3,5,14H2,1,4H3/b10-6+,13-11+,15-12+,19-9-,20-16+,22-17?. The van der Waals surface area contributed by atoms with E-state index in [1.165, 1.54) is 6.21 Å². The van der Waals surface area contributed by atoms with E-state index in [9.17, 15) is 0 Å². The molecule has 0 fully saturated rings. The predicted octanol–water partition coefficient (Wildman–Crippen LogP) is 6.13. The summed E-state index contributed by atoms with van der Waals surface area (Å²) in [6, 6.07) is 0. The molecule has 1 nitrogen and oxygen atoms in total. The first-order valence-corrected chi connectivity index (χ1v) is 7.41. The zero-order chi connectivity index (χ0) is 16.8. The fraction of sp³-hybridized carbons (Fsp3) is 0.190. The fourth-order valence-corrected chi connectivity index (χ4v) is 1.73. The van der Waals surface area contributed by atoms with Gasteiger partial charge in [0.2, 0.25) is 0 Å². The van der Waals surface area contributed by atoms with Gasteiger partial charge in [0.1, 0.15) is 0 Å². The predicted molar refractivity (Wildman–Crippen MR) is 101 cm³/mol. The minimum Gasteiger partial charge on any atom is -0.312 e.